The molecule has 1 atom stereocenters. The van der Waals surface area contributed by atoms with Gasteiger partial charge in [-0.3, -0.25) is 4.90 Å². The Balaban J connectivity index is 1.42. The highest BCUT2D eigenvalue weighted by atomic mass is 32.2. The van der Waals surface area contributed by atoms with Crippen molar-refractivity contribution in [2.24, 2.45) is 0 Å². The molecule has 12 heteroatoms. The molecule has 8 nitrogen and oxygen atoms in total. The number of nitrogens with zero attached hydrogens (tertiary/aromatic N) is 2. The molecular formula is C29H31F3N2O6S. The molecule has 3 aromatic rings. The third-order valence-corrected chi connectivity index (χ3v) is 8.78. The number of benzene rings is 3. The van der Waals surface area contributed by atoms with Gasteiger partial charge in [-0.05, 0) is 59.7 Å². The largest absolute Gasteiger partial charge is 0.497 e. The van der Waals surface area contributed by atoms with Crippen LogP contribution in [0.1, 0.15) is 33.2 Å². The highest BCUT2D eigenvalue weighted by Gasteiger charge is 2.33. The van der Waals surface area contributed by atoms with Crippen LogP contribution in [0.15, 0.2) is 77.7 Å². The van der Waals surface area contributed by atoms with Crippen molar-refractivity contribution in [3.05, 3.63) is 95.1 Å². The molecule has 0 spiro atoms. The number of piperazine rings is 1. The van der Waals surface area contributed by atoms with Gasteiger partial charge in [-0.1, -0.05) is 24.3 Å². The maximum atomic E-state index is 13.1. The number of carbonyl (C=O) groups excluding carboxylic acids is 1. The van der Waals surface area contributed by atoms with Gasteiger partial charge in [-0.2, -0.15) is 17.5 Å². The summed E-state index contributed by atoms with van der Waals surface area (Å²) in [5.74, 6) is 0.247. The van der Waals surface area contributed by atoms with Gasteiger partial charge in [-0.15, -0.1) is 0 Å². The van der Waals surface area contributed by atoms with Crippen molar-refractivity contribution in [3.8, 4) is 5.75 Å². The van der Waals surface area contributed by atoms with E-state index in [2.05, 4.69) is 4.90 Å². The Morgan fingerprint density at radius 3 is 2.17 bits per heavy atom. The minimum Gasteiger partial charge on any atom is -0.497 e. The molecule has 220 valence electrons. The molecule has 1 fully saturated rings. The van der Waals surface area contributed by atoms with Gasteiger partial charge < -0.3 is 14.2 Å². The second kappa shape index (κ2) is 13.0. The normalized spacial score (nSPS) is 15.8. The number of methoxy groups -OCH3 is 2. The van der Waals surface area contributed by atoms with Crippen LogP contribution in [0.3, 0.4) is 0 Å². The molecule has 0 bridgehead atoms. The average Bonchev–Trinajstić information content (AvgIpc) is 2.99. The van der Waals surface area contributed by atoms with Crippen molar-refractivity contribution in [2.45, 2.75) is 23.8 Å². The number of carbonyl (C=O) groups is 1. The van der Waals surface area contributed by atoms with Gasteiger partial charge in [0.05, 0.1) is 43.0 Å². The minimum absolute atomic E-state index is 0.172. The Labute approximate surface area is 237 Å². The quantitative estimate of drug-likeness (QED) is 0.314. The highest BCUT2D eigenvalue weighted by molar-refractivity contribution is 7.89. The van der Waals surface area contributed by atoms with E-state index >= 15 is 0 Å². The third kappa shape index (κ3) is 7.64. The summed E-state index contributed by atoms with van der Waals surface area (Å²) in [6, 6.07) is 18.0. The molecule has 1 saturated heterocycles. The molecule has 41 heavy (non-hydrogen) atoms. The zero-order chi connectivity index (χ0) is 29.6. The molecule has 1 aliphatic heterocycles. The van der Waals surface area contributed by atoms with E-state index in [4.69, 9.17) is 14.2 Å². The van der Waals surface area contributed by atoms with Crippen molar-refractivity contribution in [3.63, 3.8) is 0 Å². The van der Waals surface area contributed by atoms with Crippen molar-refractivity contribution in [1.82, 2.24) is 9.21 Å². The van der Waals surface area contributed by atoms with E-state index in [1.54, 1.807) is 31.4 Å². The maximum Gasteiger partial charge on any atom is 0.416 e. The molecule has 0 amide bonds. The summed E-state index contributed by atoms with van der Waals surface area (Å²) in [4.78, 5) is 13.6. The number of halogens is 3. The fourth-order valence-corrected chi connectivity index (χ4v) is 5.92. The van der Waals surface area contributed by atoms with E-state index in [1.807, 2.05) is 24.3 Å². The summed E-state index contributed by atoms with van der Waals surface area (Å²) in [6.45, 7) is 1.94. The minimum atomic E-state index is -4.54. The number of sulfonamides is 1. The Kier molecular flexibility index (Phi) is 9.69. The number of hydrogen-bond donors (Lipinski definition) is 0. The Bertz CT molecular complexity index is 1420. The molecule has 0 radical (unpaired) electrons. The second-order valence-electron chi connectivity index (χ2n) is 9.49. The lowest BCUT2D eigenvalue weighted by Gasteiger charge is -2.36. The SMILES string of the molecule is COC(=O)c1ccc(COC(CN2CCN(S(=O)(=O)c3ccc(C(F)(F)F)cc3)CC2)c2cccc(OC)c2)cc1. The summed E-state index contributed by atoms with van der Waals surface area (Å²) in [6.07, 6.45) is -4.91. The van der Waals surface area contributed by atoms with Crippen LogP contribution in [0.4, 0.5) is 13.2 Å². The van der Waals surface area contributed by atoms with Crippen molar-refractivity contribution in [2.75, 3.05) is 46.9 Å². The highest BCUT2D eigenvalue weighted by Crippen LogP contribution is 2.31. The summed E-state index contributed by atoms with van der Waals surface area (Å²) >= 11 is 0. The third-order valence-electron chi connectivity index (χ3n) is 6.87. The van der Waals surface area contributed by atoms with E-state index < -0.39 is 27.7 Å². The Hall–Kier alpha value is -3.45. The Morgan fingerprint density at radius 2 is 1.59 bits per heavy atom. The average molecular weight is 593 g/mol. The van der Waals surface area contributed by atoms with Crippen LogP contribution in [0, 0.1) is 0 Å². The van der Waals surface area contributed by atoms with Gasteiger partial charge in [0, 0.05) is 32.7 Å². The van der Waals surface area contributed by atoms with Crippen LogP contribution in [0.2, 0.25) is 0 Å². The number of esters is 1. The van der Waals surface area contributed by atoms with Gasteiger partial charge in [0.1, 0.15) is 5.75 Å². The summed E-state index contributed by atoms with van der Waals surface area (Å²) < 4.78 is 82.5. The first kappa shape index (κ1) is 30.5. The fraction of sp³-hybridized carbons (Fsp3) is 0.345. The topological polar surface area (TPSA) is 85.4 Å². The van der Waals surface area contributed by atoms with Crippen LogP contribution in [-0.2, 0) is 32.3 Å². The van der Waals surface area contributed by atoms with Gasteiger partial charge in [0.2, 0.25) is 10.0 Å². The molecular weight excluding hydrogens is 561 g/mol. The molecule has 4 rings (SSSR count). The first-order chi connectivity index (χ1) is 19.5. The van der Waals surface area contributed by atoms with Crippen LogP contribution >= 0.6 is 0 Å². The van der Waals surface area contributed by atoms with Crippen molar-refractivity contribution < 1.29 is 40.6 Å². The predicted octanol–water partition coefficient (Wildman–Crippen LogP) is 4.77. The number of hydrogen-bond acceptors (Lipinski definition) is 7. The van der Waals surface area contributed by atoms with Crippen molar-refractivity contribution in [1.29, 1.82) is 0 Å². The zero-order valence-electron chi connectivity index (χ0n) is 22.6. The number of rotatable bonds is 10. The van der Waals surface area contributed by atoms with E-state index in [0.717, 1.165) is 35.4 Å². The number of alkyl halides is 3. The zero-order valence-corrected chi connectivity index (χ0v) is 23.5. The van der Waals surface area contributed by atoms with Crippen LogP contribution < -0.4 is 4.74 Å². The summed E-state index contributed by atoms with van der Waals surface area (Å²) in [5.41, 5.74) is 1.28. The summed E-state index contributed by atoms with van der Waals surface area (Å²) in [7, 11) is -1.04. The lowest BCUT2D eigenvalue weighted by Crippen LogP contribution is -2.49. The molecule has 0 aliphatic carbocycles. The molecule has 0 N–H and O–H groups in total. The first-order valence-corrected chi connectivity index (χ1v) is 14.3. The monoisotopic (exact) mass is 592 g/mol. The first-order valence-electron chi connectivity index (χ1n) is 12.8. The van der Waals surface area contributed by atoms with Crippen LogP contribution in [-0.4, -0.2) is 70.5 Å². The van der Waals surface area contributed by atoms with Crippen molar-refractivity contribution >= 4 is 16.0 Å². The van der Waals surface area contributed by atoms with E-state index in [9.17, 15) is 26.4 Å². The molecule has 0 aromatic heterocycles. The lowest BCUT2D eigenvalue weighted by atomic mass is 10.1. The summed E-state index contributed by atoms with van der Waals surface area (Å²) in [5, 5.41) is 0. The number of ether oxygens (including phenoxy) is 3. The molecule has 1 heterocycles. The standard InChI is InChI=1S/C29H31F3N2O6S/c1-38-25-5-3-4-23(18-25)27(40-20-21-6-8-22(9-7-21)28(35)39-2)19-33-14-16-34(17-15-33)41(36,37)26-12-10-24(11-13-26)29(30,31)32/h3-13,18,27H,14-17,19-20H2,1-2H3. The molecule has 1 unspecified atom stereocenters. The van der Waals surface area contributed by atoms with E-state index in [0.29, 0.717) is 30.9 Å². The van der Waals surface area contributed by atoms with E-state index in [1.165, 1.54) is 11.4 Å². The van der Waals surface area contributed by atoms with Gasteiger partial charge in [0.15, 0.2) is 0 Å². The van der Waals surface area contributed by atoms with Gasteiger partial charge >= 0.3 is 12.1 Å². The smallest absolute Gasteiger partial charge is 0.416 e. The van der Waals surface area contributed by atoms with Gasteiger partial charge in [-0.25, -0.2) is 13.2 Å². The van der Waals surface area contributed by atoms with Crippen LogP contribution in [0.5, 0.6) is 5.75 Å². The fourth-order valence-electron chi connectivity index (χ4n) is 4.50. The second-order valence-corrected chi connectivity index (χ2v) is 11.4. The lowest BCUT2D eigenvalue weighted by molar-refractivity contribution is -0.137. The van der Waals surface area contributed by atoms with Crippen LogP contribution in [0.25, 0.3) is 0 Å². The predicted molar refractivity (Wildman–Crippen MR) is 145 cm³/mol. The molecule has 1 aliphatic rings. The van der Waals surface area contributed by atoms with E-state index in [-0.39, 0.29) is 30.7 Å². The van der Waals surface area contributed by atoms with Gasteiger partial charge in [0.25, 0.3) is 0 Å². The molecule has 0 saturated carbocycles. The molecule has 3 aromatic carbocycles. The maximum absolute atomic E-state index is 13.1. The Morgan fingerprint density at radius 1 is 0.927 bits per heavy atom.